The zero-order valence-electron chi connectivity index (χ0n) is 11.8. The minimum atomic E-state index is -0.364. The molecule has 104 valence electrons. The Balaban J connectivity index is 2.73. The molecule has 0 aromatic heterocycles. The molecule has 0 unspecified atom stereocenters. The molecule has 0 saturated heterocycles. The van der Waals surface area contributed by atoms with E-state index in [4.69, 9.17) is 4.74 Å². The molecule has 0 spiro atoms. The van der Waals surface area contributed by atoms with Crippen molar-refractivity contribution >= 4 is 11.9 Å². The molecule has 0 atom stereocenters. The highest BCUT2D eigenvalue weighted by molar-refractivity contribution is 5.94. The van der Waals surface area contributed by atoms with Crippen LogP contribution in [-0.4, -0.2) is 29.9 Å². The first-order valence-electron chi connectivity index (χ1n) is 6.66. The van der Waals surface area contributed by atoms with Crippen molar-refractivity contribution in [3.8, 4) is 5.75 Å². The average Bonchev–Trinajstić information content (AvgIpc) is 2.39. The van der Waals surface area contributed by atoms with E-state index in [2.05, 4.69) is 6.92 Å². The first-order valence-corrected chi connectivity index (χ1v) is 6.66. The average molecular weight is 263 g/mol. The highest BCUT2D eigenvalue weighted by Crippen LogP contribution is 2.14. The zero-order chi connectivity index (χ0) is 14.3. The molecule has 19 heavy (non-hydrogen) atoms. The lowest BCUT2D eigenvalue weighted by Crippen LogP contribution is -2.31. The predicted octanol–water partition coefficient (Wildman–Crippen LogP) is 2.87. The lowest BCUT2D eigenvalue weighted by atomic mass is 10.2. The quantitative estimate of drug-likeness (QED) is 0.585. The Morgan fingerprint density at radius 1 is 1.16 bits per heavy atom. The van der Waals surface area contributed by atoms with Gasteiger partial charge in [-0.3, -0.25) is 9.59 Å². The normalized spacial score (nSPS) is 10.1. The van der Waals surface area contributed by atoms with Crippen LogP contribution in [0.4, 0.5) is 0 Å². The minimum Gasteiger partial charge on any atom is -0.427 e. The van der Waals surface area contributed by atoms with Gasteiger partial charge in [0.05, 0.1) is 0 Å². The van der Waals surface area contributed by atoms with Gasteiger partial charge in [0.2, 0.25) is 0 Å². The summed E-state index contributed by atoms with van der Waals surface area (Å²) in [4.78, 5) is 24.9. The second-order valence-electron chi connectivity index (χ2n) is 4.36. The van der Waals surface area contributed by atoms with Crippen LogP contribution in [0.5, 0.6) is 5.75 Å². The first-order chi connectivity index (χ1) is 9.08. The lowest BCUT2D eigenvalue weighted by molar-refractivity contribution is -0.131. The summed E-state index contributed by atoms with van der Waals surface area (Å²) in [5.74, 6) is 0.114. The molecule has 0 fully saturated rings. The number of carbonyl (C=O) groups excluding carboxylic acids is 2. The Morgan fingerprint density at radius 2 is 1.79 bits per heavy atom. The molecular formula is C15H21NO3. The second kappa shape index (κ2) is 7.56. The summed E-state index contributed by atoms with van der Waals surface area (Å²) in [6.45, 7) is 6.90. The highest BCUT2D eigenvalue weighted by atomic mass is 16.5. The first kappa shape index (κ1) is 15.2. The molecule has 0 aliphatic heterocycles. The third-order valence-electron chi connectivity index (χ3n) is 2.81. The summed E-state index contributed by atoms with van der Waals surface area (Å²) in [5.41, 5.74) is 0.619. The molecule has 4 nitrogen and oxygen atoms in total. The summed E-state index contributed by atoms with van der Waals surface area (Å²) in [6, 6.07) is 6.66. The molecule has 0 bridgehead atoms. The number of rotatable bonds is 6. The van der Waals surface area contributed by atoms with Gasteiger partial charge in [0.15, 0.2) is 0 Å². The van der Waals surface area contributed by atoms with Crippen molar-refractivity contribution in [2.75, 3.05) is 13.1 Å². The van der Waals surface area contributed by atoms with Crippen LogP contribution in [0.3, 0.4) is 0 Å². The van der Waals surface area contributed by atoms with Crippen molar-refractivity contribution in [1.82, 2.24) is 4.90 Å². The second-order valence-corrected chi connectivity index (χ2v) is 4.36. The molecule has 0 aliphatic carbocycles. The number of esters is 1. The van der Waals surface area contributed by atoms with E-state index in [9.17, 15) is 9.59 Å². The van der Waals surface area contributed by atoms with E-state index in [1.807, 2.05) is 11.8 Å². The summed E-state index contributed by atoms with van der Waals surface area (Å²) < 4.78 is 4.94. The van der Waals surface area contributed by atoms with E-state index in [0.29, 0.717) is 17.9 Å². The van der Waals surface area contributed by atoms with Crippen molar-refractivity contribution in [2.45, 2.75) is 33.6 Å². The smallest absolute Gasteiger partial charge is 0.308 e. The van der Waals surface area contributed by atoms with Gasteiger partial charge in [-0.25, -0.2) is 0 Å². The minimum absolute atomic E-state index is 0.0188. The van der Waals surface area contributed by atoms with Crippen molar-refractivity contribution in [1.29, 1.82) is 0 Å². The fraction of sp³-hybridized carbons (Fsp3) is 0.467. The Bertz CT molecular complexity index is 426. The molecule has 0 aliphatic rings. The molecule has 1 rings (SSSR count). The summed E-state index contributed by atoms with van der Waals surface area (Å²) in [5, 5.41) is 0. The molecule has 4 heteroatoms. The number of hydrogen-bond acceptors (Lipinski definition) is 3. The van der Waals surface area contributed by atoms with Gasteiger partial charge in [-0.1, -0.05) is 13.3 Å². The Morgan fingerprint density at radius 3 is 2.26 bits per heavy atom. The van der Waals surface area contributed by atoms with Crippen molar-refractivity contribution < 1.29 is 14.3 Å². The van der Waals surface area contributed by atoms with Crippen LogP contribution in [-0.2, 0) is 4.79 Å². The topological polar surface area (TPSA) is 46.6 Å². The number of nitrogens with zero attached hydrogens (tertiary/aromatic N) is 1. The van der Waals surface area contributed by atoms with Gasteiger partial charge >= 0.3 is 5.97 Å². The van der Waals surface area contributed by atoms with Crippen molar-refractivity contribution in [3.63, 3.8) is 0 Å². The number of amides is 1. The van der Waals surface area contributed by atoms with Crippen LogP contribution in [0, 0.1) is 0 Å². The van der Waals surface area contributed by atoms with E-state index >= 15 is 0 Å². The third kappa shape index (κ3) is 4.73. The fourth-order valence-electron chi connectivity index (χ4n) is 1.77. The predicted molar refractivity (Wildman–Crippen MR) is 74.2 cm³/mol. The third-order valence-corrected chi connectivity index (χ3v) is 2.81. The summed E-state index contributed by atoms with van der Waals surface area (Å²) >= 11 is 0. The Labute approximate surface area is 114 Å². The van der Waals surface area contributed by atoms with Crippen LogP contribution >= 0.6 is 0 Å². The lowest BCUT2D eigenvalue weighted by Gasteiger charge is -2.20. The maximum absolute atomic E-state index is 12.2. The number of ether oxygens (including phenoxy) is 1. The van der Waals surface area contributed by atoms with Gasteiger partial charge in [0, 0.05) is 25.6 Å². The van der Waals surface area contributed by atoms with E-state index in [1.165, 1.54) is 6.92 Å². The van der Waals surface area contributed by atoms with Crippen molar-refractivity contribution in [2.24, 2.45) is 0 Å². The van der Waals surface area contributed by atoms with Crippen molar-refractivity contribution in [3.05, 3.63) is 29.8 Å². The van der Waals surface area contributed by atoms with Gasteiger partial charge in [-0.2, -0.15) is 0 Å². The van der Waals surface area contributed by atoms with E-state index in [1.54, 1.807) is 24.3 Å². The highest BCUT2D eigenvalue weighted by Gasteiger charge is 2.13. The molecule has 0 saturated carbocycles. The molecule has 0 heterocycles. The molecule has 1 aromatic rings. The van der Waals surface area contributed by atoms with Gasteiger partial charge in [0.1, 0.15) is 5.75 Å². The fourth-order valence-corrected chi connectivity index (χ4v) is 1.77. The maximum Gasteiger partial charge on any atom is 0.308 e. The van der Waals surface area contributed by atoms with E-state index in [-0.39, 0.29) is 11.9 Å². The molecule has 1 amide bonds. The zero-order valence-corrected chi connectivity index (χ0v) is 11.8. The van der Waals surface area contributed by atoms with Crippen LogP contribution in [0.1, 0.15) is 44.0 Å². The number of unbranched alkanes of at least 4 members (excludes halogenated alkanes) is 1. The number of carbonyl (C=O) groups is 2. The maximum atomic E-state index is 12.2. The van der Waals surface area contributed by atoms with Gasteiger partial charge in [-0.15, -0.1) is 0 Å². The molecular weight excluding hydrogens is 242 g/mol. The summed E-state index contributed by atoms with van der Waals surface area (Å²) in [7, 11) is 0. The van der Waals surface area contributed by atoms with Crippen LogP contribution in [0.25, 0.3) is 0 Å². The van der Waals surface area contributed by atoms with E-state index < -0.39 is 0 Å². The number of benzene rings is 1. The Hall–Kier alpha value is -1.84. The Kier molecular flexibility index (Phi) is 6.06. The van der Waals surface area contributed by atoms with Gasteiger partial charge < -0.3 is 9.64 Å². The molecule has 0 N–H and O–H groups in total. The molecule has 1 aromatic carbocycles. The SMILES string of the molecule is CCCCN(CC)C(=O)c1ccc(OC(C)=O)cc1. The number of hydrogen-bond donors (Lipinski definition) is 0. The van der Waals surface area contributed by atoms with E-state index in [0.717, 1.165) is 19.4 Å². The van der Waals surface area contributed by atoms with Crippen LogP contribution in [0.2, 0.25) is 0 Å². The standard InChI is InChI=1S/C15H21NO3/c1-4-6-11-16(5-2)15(18)13-7-9-14(10-8-13)19-12(3)17/h7-10H,4-6,11H2,1-3H3. The van der Waals surface area contributed by atoms with Gasteiger partial charge in [0.25, 0.3) is 5.91 Å². The monoisotopic (exact) mass is 263 g/mol. The largest absolute Gasteiger partial charge is 0.427 e. The van der Waals surface area contributed by atoms with Crippen LogP contribution < -0.4 is 4.74 Å². The molecule has 0 radical (unpaired) electrons. The van der Waals surface area contributed by atoms with Crippen LogP contribution in [0.15, 0.2) is 24.3 Å². The van der Waals surface area contributed by atoms with Gasteiger partial charge in [-0.05, 0) is 37.6 Å². The summed E-state index contributed by atoms with van der Waals surface area (Å²) in [6.07, 6.45) is 2.07.